The van der Waals surface area contributed by atoms with Gasteiger partial charge in [0, 0.05) is 5.02 Å². The summed E-state index contributed by atoms with van der Waals surface area (Å²) in [4.78, 5) is 29.0. The van der Waals surface area contributed by atoms with Gasteiger partial charge in [0.25, 0.3) is 5.56 Å². The molecule has 1 aromatic heterocycles. The molecule has 7 heteroatoms. The van der Waals surface area contributed by atoms with Crippen LogP contribution >= 0.6 is 11.6 Å². The van der Waals surface area contributed by atoms with Gasteiger partial charge in [0.15, 0.2) is 0 Å². The Bertz CT molecular complexity index is 1000. The number of para-hydroxylation sites is 1. The van der Waals surface area contributed by atoms with E-state index in [2.05, 4.69) is 10.3 Å². The molecule has 0 fully saturated rings. The maximum Gasteiger partial charge on any atom is 0.261 e. The first-order valence-electron chi connectivity index (χ1n) is 7.17. The lowest BCUT2D eigenvalue weighted by Gasteiger charge is -2.11. The fraction of sp³-hybridized carbons (Fsp3) is 0.118. The normalized spacial score (nSPS) is 10.8. The highest BCUT2D eigenvalue weighted by molar-refractivity contribution is 6.30. The molecule has 0 bridgehead atoms. The quantitative estimate of drug-likeness (QED) is 0.793. The lowest BCUT2D eigenvalue weighted by molar-refractivity contribution is -0.116. The summed E-state index contributed by atoms with van der Waals surface area (Å²) in [5.41, 5.74) is 0.258. The molecule has 0 aliphatic rings. The van der Waals surface area contributed by atoms with Crippen molar-refractivity contribution < 1.29 is 9.18 Å². The van der Waals surface area contributed by atoms with Crippen LogP contribution < -0.4 is 10.9 Å². The molecule has 0 unspecified atom stereocenters. The highest BCUT2D eigenvalue weighted by Gasteiger charge is 2.13. The van der Waals surface area contributed by atoms with Crippen molar-refractivity contribution in [1.82, 2.24) is 9.55 Å². The van der Waals surface area contributed by atoms with Crippen molar-refractivity contribution in [3.8, 4) is 0 Å². The van der Waals surface area contributed by atoms with Gasteiger partial charge in [-0.05, 0) is 37.3 Å². The van der Waals surface area contributed by atoms with Crippen LogP contribution in [0.3, 0.4) is 0 Å². The average molecular weight is 346 g/mol. The van der Waals surface area contributed by atoms with Crippen molar-refractivity contribution >= 4 is 34.1 Å². The SMILES string of the molecule is Cc1nc2ccccc2c(=O)n1CC(=O)Nc1ccc(Cl)cc1F. The summed E-state index contributed by atoms with van der Waals surface area (Å²) in [6.45, 7) is 1.38. The number of hydrogen-bond donors (Lipinski definition) is 1. The Morgan fingerprint density at radius 3 is 2.79 bits per heavy atom. The molecule has 0 spiro atoms. The number of rotatable bonds is 3. The van der Waals surface area contributed by atoms with E-state index >= 15 is 0 Å². The van der Waals surface area contributed by atoms with Gasteiger partial charge in [-0.2, -0.15) is 0 Å². The molecule has 2 aromatic carbocycles. The molecule has 3 aromatic rings. The lowest BCUT2D eigenvalue weighted by atomic mass is 10.2. The third-order valence-corrected chi connectivity index (χ3v) is 3.79. The molecule has 0 saturated carbocycles. The number of aromatic nitrogens is 2. The van der Waals surface area contributed by atoms with Crippen LogP contribution in [0.25, 0.3) is 10.9 Å². The largest absolute Gasteiger partial charge is 0.322 e. The summed E-state index contributed by atoms with van der Waals surface area (Å²) < 4.78 is 15.0. The molecule has 122 valence electrons. The lowest BCUT2D eigenvalue weighted by Crippen LogP contribution is -2.30. The number of halogens is 2. The van der Waals surface area contributed by atoms with Crippen LogP contribution in [-0.2, 0) is 11.3 Å². The third-order valence-electron chi connectivity index (χ3n) is 3.56. The van der Waals surface area contributed by atoms with E-state index in [0.717, 1.165) is 6.07 Å². The highest BCUT2D eigenvalue weighted by Crippen LogP contribution is 2.18. The van der Waals surface area contributed by atoms with Crippen LogP contribution in [0, 0.1) is 12.7 Å². The summed E-state index contributed by atoms with van der Waals surface area (Å²) in [6.07, 6.45) is 0. The van der Waals surface area contributed by atoms with Crippen molar-refractivity contribution in [1.29, 1.82) is 0 Å². The van der Waals surface area contributed by atoms with Crippen molar-refractivity contribution in [2.45, 2.75) is 13.5 Å². The van der Waals surface area contributed by atoms with Crippen LogP contribution in [-0.4, -0.2) is 15.5 Å². The van der Waals surface area contributed by atoms with E-state index in [1.54, 1.807) is 31.2 Å². The van der Waals surface area contributed by atoms with Gasteiger partial charge in [-0.3, -0.25) is 14.2 Å². The van der Waals surface area contributed by atoms with E-state index in [4.69, 9.17) is 11.6 Å². The molecule has 3 rings (SSSR count). The van der Waals surface area contributed by atoms with Gasteiger partial charge in [-0.1, -0.05) is 23.7 Å². The van der Waals surface area contributed by atoms with E-state index in [9.17, 15) is 14.0 Å². The van der Waals surface area contributed by atoms with E-state index in [1.807, 2.05) is 0 Å². The van der Waals surface area contributed by atoms with Crippen molar-refractivity contribution in [3.05, 3.63) is 69.5 Å². The number of fused-ring (bicyclic) bond motifs is 1. The molecule has 0 saturated heterocycles. The molecular formula is C17H13ClFN3O2. The van der Waals surface area contributed by atoms with E-state index in [1.165, 1.54) is 16.7 Å². The number of benzene rings is 2. The first-order valence-corrected chi connectivity index (χ1v) is 7.54. The molecule has 0 aliphatic carbocycles. The fourth-order valence-corrected chi connectivity index (χ4v) is 2.55. The number of hydrogen-bond acceptors (Lipinski definition) is 3. The number of anilines is 1. The van der Waals surface area contributed by atoms with E-state index < -0.39 is 11.7 Å². The Morgan fingerprint density at radius 2 is 2.04 bits per heavy atom. The second kappa shape index (κ2) is 6.41. The smallest absolute Gasteiger partial charge is 0.261 e. The average Bonchev–Trinajstić information content (AvgIpc) is 2.54. The number of carbonyl (C=O) groups is 1. The highest BCUT2D eigenvalue weighted by atomic mass is 35.5. The van der Waals surface area contributed by atoms with Crippen LogP contribution in [0.5, 0.6) is 0 Å². The maximum atomic E-state index is 13.7. The minimum Gasteiger partial charge on any atom is -0.322 e. The number of carbonyl (C=O) groups excluding carboxylic acids is 1. The molecule has 1 amide bonds. The Labute approximate surface area is 141 Å². The first-order chi connectivity index (χ1) is 11.5. The zero-order valence-corrected chi connectivity index (χ0v) is 13.5. The zero-order valence-electron chi connectivity index (χ0n) is 12.7. The van der Waals surface area contributed by atoms with E-state index in [-0.39, 0.29) is 22.8 Å². The predicted molar refractivity (Wildman–Crippen MR) is 90.8 cm³/mol. The third kappa shape index (κ3) is 3.14. The molecule has 1 N–H and O–H groups in total. The van der Waals surface area contributed by atoms with Gasteiger partial charge in [0.2, 0.25) is 5.91 Å². The summed E-state index contributed by atoms with van der Waals surface area (Å²) in [5, 5.41) is 3.09. The summed E-state index contributed by atoms with van der Waals surface area (Å²) >= 11 is 5.67. The molecule has 0 aliphatic heterocycles. The van der Waals surface area contributed by atoms with Crippen molar-refractivity contribution in [2.24, 2.45) is 0 Å². The molecular weight excluding hydrogens is 333 g/mol. The summed E-state index contributed by atoms with van der Waals surface area (Å²) in [7, 11) is 0. The molecule has 0 radical (unpaired) electrons. The number of amides is 1. The predicted octanol–water partition coefficient (Wildman–Crippen LogP) is 3.14. The fourth-order valence-electron chi connectivity index (χ4n) is 2.39. The van der Waals surface area contributed by atoms with Gasteiger partial charge < -0.3 is 5.32 Å². The van der Waals surface area contributed by atoms with Crippen molar-refractivity contribution in [3.63, 3.8) is 0 Å². The Kier molecular flexibility index (Phi) is 4.31. The number of nitrogens with zero attached hydrogens (tertiary/aromatic N) is 2. The molecule has 1 heterocycles. The topological polar surface area (TPSA) is 64.0 Å². The van der Waals surface area contributed by atoms with Crippen LogP contribution in [0.1, 0.15) is 5.82 Å². The zero-order chi connectivity index (χ0) is 17.3. The molecule has 24 heavy (non-hydrogen) atoms. The van der Waals surface area contributed by atoms with Gasteiger partial charge in [-0.15, -0.1) is 0 Å². The Morgan fingerprint density at radius 1 is 1.29 bits per heavy atom. The summed E-state index contributed by atoms with van der Waals surface area (Å²) in [6, 6.07) is 10.8. The van der Waals surface area contributed by atoms with E-state index in [0.29, 0.717) is 16.7 Å². The van der Waals surface area contributed by atoms with Crippen LogP contribution in [0.2, 0.25) is 5.02 Å². The molecule has 0 atom stereocenters. The van der Waals surface area contributed by atoms with Gasteiger partial charge in [0.1, 0.15) is 18.2 Å². The standard InChI is InChI=1S/C17H13ClFN3O2/c1-10-20-14-5-3-2-4-12(14)17(24)22(10)9-16(23)21-15-7-6-11(18)8-13(15)19/h2-8H,9H2,1H3,(H,21,23). The maximum absolute atomic E-state index is 13.7. The Hall–Kier alpha value is -2.73. The van der Waals surface area contributed by atoms with Crippen molar-refractivity contribution in [2.75, 3.05) is 5.32 Å². The monoisotopic (exact) mass is 345 g/mol. The second-order valence-electron chi connectivity index (χ2n) is 5.24. The Balaban J connectivity index is 1.89. The van der Waals surface area contributed by atoms with Gasteiger partial charge >= 0.3 is 0 Å². The van der Waals surface area contributed by atoms with Crippen LogP contribution in [0.4, 0.5) is 10.1 Å². The first kappa shape index (κ1) is 16.1. The number of nitrogens with one attached hydrogen (secondary N) is 1. The minimum absolute atomic E-state index is 0.00357. The van der Waals surface area contributed by atoms with Gasteiger partial charge in [-0.25, -0.2) is 9.37 Å². The van der Waals surface area contributed by atoms with Crippen LogP contribution in [0.15, 0.2) is 47.3 Å². The van der Waals surface area contributed by atoms with Gasteiger partial charge in [0.05, 0.1) is 16.6 Å². The molecule has 5 nitrogen and oxygen atoms in total. The minimum atomic E-state index is -0.642. The second-order valence-corrected chi connectivity index (χ2v) is 5.68. The number of aryl methyl sites for hydroxylation is 1. The summed E-state index contributed by atoms with van der Waals surface area (Å²) in [5.74, 6) is -0.763.